The van der Waals surface area contributed by atoms with Gasteiger partial charge in [-0.05, 0) is 18.1 Å². The molecule has 10 nitrogen and oxygen atoms in total. The minimum Gasteiger partial charge on any atom is -0.461 e. The van der Waals surface area contributed by atoms with Gasteiger partial charge in [0.25, 0.3) is 0 Å². The Hall–Kier alpha value is -4.08. The largest absolute Gasteiger partial charge is 0.461 e. The van der Waals surface area contributed by atoms with Crippen molar-refractivity contribution in [3.8, 4) is 0 Å². The number of ether oxygens (including phenoxy) is 2. The number of hydrogen-bond acceptors (Lipinski definition) is 8. The summed E-state index contributed by atoms with van der Waals surface area (Å²) in [5.74, 6) is -0.997. The predicted molar refractivity (Wildman–Crippen MR) is 126 cm³/mol. The molecule has 10 heteroatoms. The first-order valence-corrected chi connectivity index (χ1v) is 10.4. The molecule has 0 N–H and O–H groups in total. The van der Waals surface area contributed by atoms with Gasteiger partial charge in [0.05, 0.1) is 6.42 Å². The highest BCUT2D eigenvalue weighted by Gasteiger charge is 2.15. The van der Waals surface area contributed by atoms with Crippen molar-refractivity contribution in [2.75, 3.05) is 13.6 Å². The molecular weight excluding hydrogens is 444 g/mol. The summed E-state index contributed by atoms with van der Waals surface area (Å²) in [7, 11) is 0.889. The smallest absolute Gasteiger partial charge is 0.330 e. The molecule has 0 spiro atoms. The van der Waals surface area contributed by atoms with E-state index in [4.69, 9.17) is 19.6 Å². The lowest BCUT2D eigenvalue weighted by Gasteiger charge is -2.07. The number of benzene rings is 2. The molecule has 2 rings (SSSR count). The van der Waals surface area contributed by atoms with Crippen LogP contribution in [0.3, 0.4) is 0 Å². The van der Waals surface area contributed by atoms with E-state index in [1.54, 1.807) is 19.9 Å². The molecule has 184 valence electrons. The molecule has 0 saturated heterocycles. The minimum absolute atomic E-state index is 0.0772. The Labute approximate surface area is 198 Å². The van der Waals surface area contributed by atoms with Crippen LogP contribution in [0.2, 0.25) is 0 Å². The molecule has 0 saturated carbocycles. The highest BCUT2D eigenvalue weighted by atomic mass is 16.6. The number of rotatable bonds is 9. The molecule has 0 aromatic heterocycles. The zero-order chi connectivity index (χ0) is 25.8. The molecule has 0 amide bonds. The molecule has 2 aromatic rings. The molecule has 1 unspecified atom stereocenters. The Kier molecular flexibility index (Phi) is 16.3. The molecule has 0 aliphatic rings. The molecule has 0 aliphatic carbocycles. The zero-order valence-electron chi connectivity index (χ0n) is 19.5. The van der Waals surface area contributed by atoms with E-state index >= 15 is 0 Å². The second-order valence-electron chi connectivity index (χ2n) is 7.00. The Morgan fingerprint density at radius 1 is 0.912 bits per heavy atom. The van der Waals surface area contributed by atoms with E-state index < -0.39 is 15.8 Å². The number of esters is 2. The highest BCUT2D eigenvalue weighted by Crippen LogP contribution is 2.06. The Bertz CT molecular complexity index is 898. The number of carbonyl (C=O) groups excluding carboxylic acids is 2. The van der Waals surface area contributed by atoms with E-state index in [9.17, 15) is 19.7 Å². The van der Waals surface area contributed by atoms with Gasteiger partial charge in [0.2, 0.25) is 6.54 Å². The lowest BCUT2D eigenvalue weighted by atomic mass is 10.1. The summed E-state index contributed by atoms with van der Waals surface area (Å²) < 4.78 is 9.96. The maximum atomic E-state index is 11.4. The van der Waals surface area contributed by atoms with E-state index in [0.717, 1.165) is 18.2 Å². The lowest BCUT2D eigenvalue weighted by molar-refractivity contribution is -0.487. The SMILES string of the molecule is C/C=C/C(=O)OCc1ccccc1.CC(CC(=O)OCc1ccccc1)C[N+](=O)[O-].C[N+](=O)[O-]. The number of carbonyl (C=O) groups is 2. The van der Waals surface area contributed by atoms with Crippen molar-refractivity contribution in [2.45, 2.75) is 33.5 Å². The van der Waals surface area contributed by atoms with E-state index in [0.29, 0.717) is 6.61 Å². The van der Waals surface area contributed by atoms with E-state index in [2.05, 4.69) is 0 Å². The zero-order valence-corrected chi connectivity index (χ0v) is 19.5. The fraction of sp³-hybridized carbons (Fsp3) is 0.333. The minimum atomic E-state index is -0.500. The van der Waals surface area contributed by atoms with Gasteiger partial charge in [-0.15, -0.1) is 0 Å². The lowest BCUT2D eigenvalue weighted by Crippen LogP contribution is -2.16. The van der Waals surface area contributed by atoms with Crippen molar-refractivity contribution in [1.29, 1.82) is 0 Å². The van der Waals surface area contributed by atoms with Crippen LogP contribution >= 0.6 is 0 Å². The van der Waals surface area contributed by atoms with Crippen LogP contribution < -0.4 is 0 Å². The van der Waals surface area contributed by atoms with Gasteiger partial charge in [0, 0.05) is 21.8 Å². The normalized spacial score (nSPS) is 10.6. The van der Waals surface area contributed by atoms with Crippen molar-refractivity contribution < 1.29 is 28.9 Å². The number of nitrogens with zero attached hydrogens (tertiary/aromatic N) is 2. The molecule has 0 bridgehead atoms. The van der Waals surface area contributed by atoms with E-state index in [1.165, 1.54) is 6.08 Å². The number of hydrogen-bond donors (Lipinski definition) is 0. The summed E-state index contributed by atoms with van der Waals surface area (Å²) in [6.07, 6.45) is 3.14. The quantitative estimate of drug-likeness (QED) is 0.228. The average molecular weight is 475 g/mol. The van der Waals surface area contributed by atoms with Crippen LogP contribution in [0.4, 0.5) is 0 Å². The van der Waals surface area contributed by atoms with Gasteiger partial charge in [-0.1, -0.05) is 73.7 Å². The van der Waals surface area contributed by atoms with E-state index in [-0.39, 0.29) is 31.5 Å². The summed E-state index contributed by atoms with van der Waals surface area (Å²) in [6, 6.07) is 18.9. The molecule has 2 aromatic carbocycles. The molecule has 0 aliphatic heterocycles. The maximum absolute atomic E-state index is 11.4. The summed E-state index contributed by atoms with van der Waals surface area (Å²) in [4.78, 5) is 40.4. The second kappa shape index (κ2) is 18.5. The highest BCUT2D eigenvalue weighted by molar-refractivity contribution is 5.81. The third-order valence-corrected chi connectivity index (χ3v) is 3.75. The predicted octanol–water partition coefficient (Wildman–Crippen LogP) is 4.23. The Balaban J connectivity index is 0.000000567. The van der Waals surface area contributed by atoms with Crippen molar-refractivity contribution in [3.63, 3.8) is 0 Å². The van der Waals surface area contributed by atoms with Crippen molar-refractivity contribution in [1.82, 2.24) is 0 Å². The van der Waals surface area contributed by atoms with Crippen LogP contribution in [0.5, 0.6) is 0 Å². The van der Waals surface area contributed by atoms with Crippen LogP contribution in [0.25, 0.3) is 0 Å². The van der Waals surface area contributed by atoms with Crippen LogP contribution in [0, 0.1) is 26.1 Å². The molecule has 0 heterocycles. The van der Waals surface area contributed by atoms with Crippen LogP contribution in [-0.2, 0) is 32.3 Å². The monoisotopic (exact) mass is 474 g/mol. The van der Waals surface area contributed by atoms with Gasteiger partial charge in [-0.2, -0.15) is 0 Å². The van der Waals surface area contributed by atoms with Crippen molar-refractivity contribution >= 4 is 11.9 Å². The third-order valence-electron chi connectivity index (χ3n) is 3.75. The van der Waals surface area contributed by atoms with Gasteiger partial charge in [0.15, 0.2) is 7.05 Å². The first-order chi connectivity index (χ1) is 16.1. The van der Waals surface area contributed by atoms with Crippen molar-refractivity contribution in [3.05, 3.63) is 104 Å². The fourth-order valence-electron chi connectivity index (χ4n) is 2.31. The van der Waals surface area contributed by atoms with Crippen LogP contribution in [0.1, 0.15) is 31.4 Å². The van der Waals surface area contributed by atoms with Crippen LogP contribution in [0.15, 0.2) is 72.8 Å². The second-order valence-corrected chi connectivity index (χ2v) is 7.00. The Morgan fingerprint density at radius 3 is 1.76 bits per heavy atom. The summed E-state index contributed by atoms with van der Waals surface area (Å²) in [5, 5.41) is 19.0. The van der Waals surface area contributed by atoms with Gasteiger partial charge < -0.3 is 9.47 Å². The summed E-state index contributed by atoms with van der Waals surface area (Å²) in [6.45, 7) is 3.78. The topological polar surface area (TPSA) is 139 Å². The summed E-state index contributed by atoms with van der Waals surface area (Å²) >= 11 is 0. The van der Waals surface area contributed by atoms with Gasteiger partial charge in [-0.3, -0.25) is 25.0 Å². The Morgan fingerprint density at radius 2 is 1.35 bits per heavy atom. The first kappa shape index (κ1) is 29.9. The molecule has 0 fully saturated rings. The third kappa shape index (κ3) is 18.7. The first-order valence-electron chi connectivity index (χ1n) is 10.4. The van der Waals surface area contributed by atoms with Gasteiger partial charge in [0.1, 0.15) is 13.2 Å². The fourth-order valence-corrected chi connectivity index (χ4v) is 2.31. The molecule has 0 radical (unpaired) electrons. The number of allylic oxidation sites excluding steroid dienone is 1. The average Bonchev–Trinajstić information content (AvgIpc) is 2.77. The van der Waals surface area contributed by atoms with Crippen LogP contribution in [-0.4, -0.2) is 35.4 Å². The standard InChI is InChI=1S/C12H15NO4.C11H12O2.CH3NO2/c1-10(8-13(15)16)7-12(14)17-9-11-5-3-2-4-6-11;1-2-6-11(12)13-9-10-7-4-3-5-8-10;1-2(3)4/h2-6,10H,7-9H2,1H3;2-8H,9H2,1H3;1H3/b;6-2+;. The molecule has 34 heavy (non-hydrogen) atoms. The molecular formula is C24H30N2O8. The van der Waals surface area contributed by atoms with Crippen molar-refractivity contribution in [2.24, 2.45) is 5.92 Å². The van der Waals surface area contributed by atoms with Gasteiger partial charge in [-0.25, -0.2) is 4.79 Å². The number of nitro groups is 2. The molecule has 1 atom stereocenters. The van der Waals surface area contributed by atoms with Gasteiger partial charge >= 0.3 is 11.9 Å². The summed E-state index contributed by atoms with van der Waals surface area (Å²) in [5.41, 5.74) is 1.91. The maximum Gasteiger partial charge on any atom is 0.330 e. The van der Waals surface area contributed by atoms with E-state index in [1.807, 2.05) is 60.7 Å².